The van der Waals surface area contributed by atoms with Gasteiger partial charge in [0.05, 0.1) is 4.90 Å². The topological polar surface area (TPSA) is 160 Å². The molecule has 1 aromatic carbocycles. The van der Waals surface area contributed by atoms with Crippen molar-refractivity contribution in [3.63, 3.8) is 0 Å². The summed E-state index contributed by atoms with van der Waals surface area (Å²) in [6.45, 7) is 0.678. The van der Waals surface area contributed by atoms with Crippen molar-refractivity contribution in [2.75, 3.05) is 20.3 Å². The molecule has 0 radical (unpaired) electrons. The summed E-state index contributed by atoms with van der Waals surface area (Å²) in [4.78, 5) is 18.1. The van der Waals surface area contributed by atoms with Crippen molar-refractivity contribution in [1.82, 2.24) is 14.7 Å². The molecular formula is C17H17N5O5S. The van der Waals surface area contributed by atoms with Gasteiger partial charge in [0.2, 0.25) is 15.9 Å². The molecule has 0 aliphatic carbocycles. The van der Waals surface area contributed by atoms with E-state index in [1.165, 1.54) is 18.2 Å². The first kappa shape index (κ1) is 19.6. The maximum absolute atomic E-state index is 12.5. The Morgan fingerprint density at radius 1 is 1.36 bits per heavy atom. The van der Waals surface area contributed by atoms with E-state index >= 15 is 0 Å². The van der Waals surface area contributed by atoms with Crippen LogP contribution in [0.25, 0.3) is 21.8 Å². The number of nitrogens with one attached hydrogen (secondary N) is 2. The smallest absolute Gasteiger partial charge is 0.389 e. The first-order valence-corrected chi connectivity index (χ1v) is 9.66. The van der Waals surface area contributed by atoms with Crippen molar-refractivity contribution in [2.45, 2.75) is 11.3 Å². The molecule has 3 rings (SSSR count). The van der Waals surface area contributed by atoms with Crippen LogP contribution < -0.4 is 15.2 Å². The first-order chi connectivity index (χ1) is 13.4. The highest BCUT2D eigenvalue weighted by Crippen LogP contribution is 2.32. The number of carbonyl (C=O) groups excluding carboxylic acids is 1. The number of hydrogen-bond donors (Lipinski definition) is 3. The van der Waals surface area contributed by atoms with Gasteiger partial charge in [0, 0.05) is 36.6 Å². The SMILES string of the molecule is COCCCNS(=O)(=O)c1ccc2[nH]c3c(OC(N)=O)nc(C#N)cc3c2c1. The molecule has 3 aromatic rings. The average molecular weight is 403 g/mol. The van der Waals surface area contributed by atoms with Crippen molar-refractivity contribution in [3.05, 3.63) is 30.0 Å². The minimum atomic E-state index is -3.73. The Morgan fingerprint density at radius 3 is 2.82 bits per heavy atom. The molecule has 0 saturated carbocycles. The predicted octanol–water partition coefficient (Wildman–Crippen LogP) is 1.36. The van der Waals surface area contributed by atoms with Gasteiger partial charge in [-0.1, -0.05) is 0 Å². The van der Waals surface area contributed by atoms with E-state index in [4.69, 9.17) is 15.2 Å². The highest BCUT2D eigenvalue weighted by molar-refractivity contribution is 7.89. The molecule has 4 N–H and O–H groups in total. The number of pyridine rings is 1. The Labute approximate surface area is 160 Å². The maximum Gasteiger partial charge on any atom is 0.411 e. The minimum Gasteiger partial charge on any atom is -0.389 e. The number of aromatic nitrogens is 2. The molecule has 10 nitrogen and oxygen atoms in total. The molecule has 0 bridgehead atoms. The zero-order valence-corrected chi connectivity index (χ0v) is 15.7. The Kier molecular flexibility index (Phi) is 5.46. The maximum atomic E-state index is 12.5. The number of methoxy groups -OCH3 is 1. The minimum absolute atomic E-state index is 0.00407. The van der Waals surface area contributed by atoms with Crippen LogP contribution in [-0.2, 0) is 14.8 Å². The van der Waals surface area contributed by atoms with Crippen LogP contribution in [0.1, 0.15) is 12.1 Å². The number of aromatic amines is 1. The lowest BCUT2D eigenvalue weighted by molar-refractivity contribution is 0.196. The summed E-state index contributed by atoms with van der Waals surface area (Å²) in [6, 6.07) is 7.85. The molecule has 2 heterocycles. The molecular weight excluding hydrogens is 386 g/mol. The summed E-state index contributed by atoms with van der Waals surface area (Å²) in [5.74, 6) is -0.153. The van der Waals surface area contributed by atoms with E-state index in [0.717, 1.165) is 0 Å². The second kappa shape index (κ2) is 7.81. The fourth-order valence-electron chi connectivity index (χ4n) is 2.74. The fraction of sp³-hybridized carbons (Fsp3) is 0.235. The number of primary amides is 1. The highest BCUT2D eigenvalue weighted by Gasteiger charge is 2.18. The van der Waals surface area contributed by atoms with Crippen molar-refractivity contribution < 1.29 is 22.7 Å². The fourth-order valence-corrected chi connectivity index (χ4v) is 3.84. The van der Waals surface area contributed by atoms with Crippen LogP contribution in [0.3, 0.4) is 0 Å². The molecule has 0 atom stereocenters. The van der Waals surface area contributed by atoms with Crippen LogP contribution in [-0.4, -0.2) is 44.7 Å². The number of benzene rings is 1. The number of sulfonamides is 1. The van der Waals surface area contributed by atoms with Gasteiger partial charge in [0.1, 0.15) is 17.3 Å². The van der Waals surface area contributed by atoms with Gasteiger partial charge in [-0.15, -0.1) is 0 Å². The van der Waals surface area contributed by atoms with Crippen molar-refractivity contribution in [3.8, 4) is 11.9 Å². The molecule has 11 heteroatoms. The molecule has 0 saturated heterocycles. The van der Waals surface area contributed by atoms with E-state index in [0.29, 0.717) is 34.8 Å². The molecule has 146 valence electrons. The van der Waals surface area contributed by atoms with E-state index < -0.39 is 16.1 Å². The second-order valence-electron chi connectivity index (χ2n) is 5.84. The lowest BCUT2D eigenvalue weighted by atomic mass is 10.1. The predicted molar refractivity (Wildman–Crippen MR) is 100 cm³/mol. The summed E-state index contributed by atoms with van der Waals surface area (Å²) in [6.07, 6.45) is -0.540. The number of nitriles is 1. The summed E-state index contributed by atoms with van der Waals surface area (Å²) in [5, 5.41) is 10.2. The number of hydrogen-bond acceptors (Lipinski definition) is 7. The van der Waals surface area contributed by atoms with Crippen LogP contribution >= 0.6 is 0 Å². The Hall–Kier alpha value is -3.20. The van der Waals surface area contributed by atoms with Gasteiger partial charge in [0.15, 0.2) is 0 Å². The number of nitrogens with zero attached hydrogens (tertiary/aromatic N) is 2. The number of amides is 1. The number of fused-ring (bicyclic) bond motifs is 3. The molecule has 1 amide bonds. The molecule has 2 aromatic heterocycles. The third-order valence-corrected chi connectivity index (χ3v) is 5.43. The molecule has 0 fully saturated rings. The molecule has 0 unspecified atom stereocenters. The Balaban J connectivity index is 2.09. The summed E-state index contributed by atoms with van der Waals surface area (Å²) >= 11 is 0. The average Bonchev–Trinajstić information content (AvgIpc) is 3.03. The van der Waals surface area contributed by atoms with Gasteiger partial charge in [-0.05, 0) is 30.7 Å². The molecule has 0 spiro atoms. The van der Waals surface area contributed by atoms with Gasteiger partial charge >= 0.3 is 6.09 Å². The number of ether oxygens (including phenoxy) is 2. The van der Waals surface area contributed by atoms with Crippen LogP contribution in [0.15, 0.2) is 29.2 Å². The van der Waals surface area contributed by atoms with Gasteiger partial charge in [-0.25, -0.2) is 22.9 Å². The monoisotopic (exact) mass is 403 g/mol. The van der Waals surface area contributed by atoms with Gasteiger partial charge in [-0.3, -0.25) is 0 Å². The quantitative estimate of drug-likeness (QED) is 0.502. The van der Waals surface area contributed by atoms with Gasteiger partial charge < -0.3 is 20.2 Å². The highest BCUT2D eigenvalue weighted by atomic mass is 32.2. The first-order valence-electron chi connectivity index (χ1n) is 8.18. The second-order valence-corrected chi connectivity index (χ2v) is 7.61. The van der Waals surface area contributed by atoms with E-state index in [9.17, 15) is 18.5 Å². The normalized spacial score (nSPS) is 11.6. The van der Waals surface area contributed by atoms with E-state index in [1.54, 1.807) is 13.2 Å². The largest absolute Gasteiger partial charge is 0.411 e. The van der Waals surface area contributed by atoms with Crippen molar-refractivity contribution >= 4 is 37.9 Å². The molecule has 28 heavy (non-hydrogen) atoms. The number of carbonyl (C=O) groups is 1. The van der Waals surface area contributed by atoms with E-state index in [-0.39, 0.29) is 23.0 Å². The number of nitrogens with two attached hydrogens (primary N) is 1. The van der Waals surface area contributed by atoms with Gasteiger partial charge in [-0.2, -0.15) is 5.26 Å². The van der Waals surface area contributed by atoms with Crippen LogP contribution in [0.5, 0.6) is 5.88 Å². The lowest BCUT2D eigenvalue weighted by Crippen LogP contribution is -2.25. The Bertz CT molecular complexity index is 1200. The molecule has 0 aliphatic heterocycles. The van der Waals surface area contributed by atoms with Crippen molar-refractivity contribution in [1.29, 1.82) is 5.26 Å². The number of rotatable bonds is 7. The zero-order valence-electron chi connectivity index (χ0n) is 14.9. The van der Waals surface area contributed by atoms with Crippen molar-refractivity contribution in [2.24, 2.45) is 5.73 Å². The Morgan fingerprint density at radius 2 is 2.14 bits per heavy atom. The summed E-state index contributed by atoms with van der Waals surface area (Å²) < 4.78 is 37.3. The van der Waals surface area contributed by atoms with E-state index in [1.807, 2.05) is 6.07 Å². The standard InChI is InChI=1S/C17H17N5O5S/c1-26-6-2-5-20-28(24,25)11-3-4-14-12(8-11)13-7-10(9-18)21-16(15(13)22-14)27-17(19)23/h3-4,7-8,20,22H,2,5-6H2,1H3,(H2,19,23). The third-order valence-electron chi connectivity index (χ3n) is 3.97. The van der Waals surface area contributed by atoms with Crippen LogP contribution in [0, 0.1) is 11.3 Å². The van der Waals surface area contributed by atoms with Crippen LogP contribution in [0.4, 0.5) is 4.79 Å². The molecule has 0 aliphatic rings. The van der Waals surface area contributed by atoms with Gasteiger partial charge in [0.25, 0.3) is 0 Å². The summed E-state index contributed by atoms with van der Waals surface area (Å²) in [5.41, 5.74) is 5.96. The summed E-state index contributed by atoms with van der Waals surface area (Å²) in [7, 11) is -2.19. The van der Waals surface area contributed by atoms with Crippen LogP contribution in [0.2, 0.25) is 0 Å². The third kappa shape index (κ3) is 3.89. The number of H-pyrrole nitrogens is 1. The lowest BCUT2D eigenvalue weighted by Gasteiger charge is -2.07. The zero-order chi connectivity index (χ0) is 20.3. The van der Waals surface area contributed by atoms with E-state index in [2.05, 4.69) is 14.7 Å².